The third kappa shape index (κ3) is 4.95. The lowest BCUT2D eigenvalue weighted by molar-refractivity contribution is -0.138. The predicted octanol–water partition coefficient (Wildman–Crippen LogP) is 2.84. The molecular formula is C19H18F3N5O3S. The quantitative estimate of drug-likeness (QED) is 0.551. The van der Waals surface area contributed by atoms with Crippen LogP contribution >= 0.6 is 0 Å². The molecular weight excluding hydrogens is 435 g/mol. The van der Waals surface area contributed by atoms with Crippen molar-refractivity contribution < 1.29 is 26.3 Å². The van der Waals surface area contributed by atoms with Gasteiger partial charge in [0.2, 0.25) is 10.0 Å². The number of aromatic nitrogens is 3. The second-order valence-corrected chi connectivity index (χ2v) is 8.64. The monoisotopic (exact) mass is 453 g/mol. The highest BCUT2D eigenvalue weighted by atomic mass is 32.2. The summed E-state index contributed by atoms with van der Waals surface area (Å²) in [5.74, 6) is -0.581. The molecule has 0 amide bonds. The molecule has 0 radical (unpaired) electrons. The standard InChI is InChI=1S/C19H18F3N5O3S/c1-3-31(28,29)25-6-7-30-17-5-4-12(8-13(17)19(20,21)22)14-9-16-18(15(10-23)26-14)24-11-27(16)2/h4-5,8-9,11,25H,3,6-7H2,1-2H3. The van der Waals surface area contributed by atoms with Crippen LogP contribution in [0.3, 0.4) is 0 Å². The molecule has 0 bridgehead atoms. The molecule has 0 aliphatic rings. The summed E-state index contributed by atoms with van der Waals surface area (Å²) in [5.41, 5.74) is 0.211. The molecule has 1 aromatic carbocycles. The van der Waals surface area contributed by atoms with Crippen LogP contribution in [0.25, 0.3) is 22.3 Å². The van der Waals surface area contributed by atoms with Crippen molar-refractivity contribution in [2.45, 2.75) is 13.1 Å². The number of hydrogen-bond acceptors (Lipinski definition) is 6. The summed E-state index contributed by atoms with van der Waals surface area (Å²) in [6.45, 7) is 0.997. The van der Waals surface area contributed by atoms with Crippen molar-refractivity contribution >= 4 is 21.1 Å². The normalized spacial score (nSPS) is 12.1. The van der Waals surface area contributed by atoms with E-state index in [1.165, 1.54) is 19.3 Å². The zero-order valence-corrected chi connectivity index (χ0v) is 17.4. The smallest absolute Gasteiger partial charge is 0.419 e. The first-order chi connectivity index (χ1) is 14.6. The van der Waals surface area contributed by atoms with Gasteiger partial charge in [0, 0.05) is 19.2 Å². The second kappa shape index (κ2) is 8.52. The molecule has 2 aromatic heterocycles. The van der Waals surface area contributed by atoms with Gasteiger partial charge in [-0.05, 0) is 31.2 Å². The molecule has 0 fully saturated rings. The van der Waals surface area contributed by atoms with Crippen LogP contribution in [0.4, 0.5) is 13.2 Å². The number of pyridine rings is 1. The zero-order valence-electron chi connectivity index (χ0n) is 16.6. The van der Waals surface area contributed by atoms with Gasteiger partial charge in [0.15, 0.2) is 5.69 Å². The summed E-state index contributed by atoms with van der Waals surface area (Å²) in [7, 11) is -1.77. The molecule has 8 nitrogen and oxygen atoms in total. The minimum Gasteiger partial charge on any atom is -0.492 e. The van der Waals surface area contributed by atoms with Crippen molar-refractivity contribution in [3.63, 3.8) is 0 Å². The van der Waals surface area contributed by atoms with Gasteiger partial charge in [0.25, 0.3) is 0 Å². The lowest BCUT2D eigenvalue weighted by atomic mass is 10.1. The van der Waals surface area contributed by atoms with Crippen LogP contribution in [-0.2, 0) is 23.2 Å². The van der Waals surface area contributed by atoms with Crippen molar-refractivity contribution in [3.8, 4) is 23.1 Å². The molecule has 164 valence electrons. The number of nitrogens with one attached hydrogen (secondary N) is 1. The van der Waals surface area contributed by atoms with Crippen LogP contribution in [0, 0.1) is 11.3 Å². The van der Waals surface area contributed by atoms with E-state index in [9.17, 15) is 26.9 Å². The van der Waals surface area contributed by atoms with Crippen LogP contribution in [0.15, 0.2) is 30.6 Å². The summed E-state index contributed by atoms with van der Waals surface area (Å²) in [5, 5.41) is 9.33. The van der Waals surface area contributed by atoms with Crippen molar-refractivity contribution in [1.29, 1.82) is 5.26 Å². The van der Waals surface area contributed by atoms with Gasteiger partial charge in [-0.2, -0.15) is 18.4 Å². The molecule has 0 aliphatic heterocycles. The number of rotatable bonds is 7. The average Bonchev–Trinajstić information content (AvgIpc) is 3.10. The molecule has 0 saturated carbocycles. The zero-order chi connectivity index (χ0) is 22.8. The molecule has 12 heteroatoms. The van der Waals surface area contributed by atoms with E-state index in [2.05, 4.69) is 14.7 Å². The molecule has 2 heterocycles. The van der Waals surface area contributed by atoms with Gasteiger partial charge < -0.3 is 9.30 Å². The molecule has 0 atom stereocenters. The number of alkyl halides is 3. The van der Waals surface area contributed by atoms with Gasteiger partial charge in [-0.3, -0.25) is 0 Å². The van der Waals surface area contributed by atoms with Gasteiger partial charge >= 0.3 is 6.18 Å². The number of hydrogen-bond donors (Lipinski definition) is 1. The van der Waals surface area contributed by atoms with E-state index in [1.54, 1.807) is 17.7 Å². The molecule has 3 aromatic rings. The van der Waals surface area contributed by atoms with Crippen LogP contribution < -0.4 is 9.46 Å². The molecule has 3 rings (SSSR count). The highest BCUT2D eigenvalue weighted by molar-refractivity contribution is 7.89. The first-order valence-electron chi connectivity index (χ1n) is 9.09. The Labute approximate surface area is 176 Å². The van der Waals surface area contributed by atoms with E-state index in [-0.39, 0.29) is 35.9 Å². The van der Waals surface area contributed by atoms with E-state index in [1.807, 2.05) is 6.07 Å². The molecule has 0 aliphatic carbocycles. The first kappa shape index (κ1) is 22.5. The number of nitriles is 1. The van der Waals surface area contributed by atoms with E-state index in [4.69, 9.17) is 4.74 Å². The van der Waals surface area contributed by atoms with Crippen molar-refractivity contribution in [2.24, 2.45) is 7.05 Å². The number of halogens is 3. The minimum atomic E-state index is -4.72. The number of fused-ring (bicyclic) bond motifs is 1. The fraction of sp³-hybridized carbons (Fsp3) is 0.316. The summed E-state index contributed by atoms with van der Waals surface area (Å²) in [6.07, 6.45) is -3.23. The Bertz CT molecular complexity index is 1260. The molecule has 0 spiro atoms. The summed E-state index contributed by atoms with van der Waals surface area (Å²) >= 11 is 0. The van der Waals surface area contributed by atoms with Gasteiger partial charge in [-0.25, -0.2) is 23.1 Å². The number of aryl methyl sites for hydroxylation is 1. The molecule has 0 saturated heterocycles. The number of sulfonamides is 1. The fourth-order valence-corrected chi connectivity index (χ4v) is 3.45. The number of nitrogens with zero attached hydrogens (tertiary/aromatic N) is 4. The Hall–Kier alpha value is -3.17. The van der Waals surface area contributed by atoms with E-state index >= 15 is 0 Å². The molecule has 1 N–H and O–H groups in total. The Kier molecular flexibility index (Phi) is 6.19. The Morgan fingerprint density at radius 2 is 2.03 bits per heavy atom. The van der Waals surface area contributed by atoms with Gasteiger partial charge in [-0.15, -0.1) is 0 Å². The molecule has 0 unspecified atom stereocenters. The number of benzene rings is 1. The van der Waals surface area contributed by atoms with Gasteiger partial charge in [0.05, 0.1) is 28.9 Å². The Morgan fingerprint density at radius 3 is 2.68 bits per heavy atom. The highest BCUT2D eigenvalue weighted by Gasteiger charge is 2.35. The second-order valence-electron chi connectivity index (χ2n) is 6.55. The third-order valence-electron chi connectivity index (χ3n) is 4.46. The van der Waals surface area contributed by atoms with Crippen LogP contribution in [0.5, 0.6) is 5.75 Å². The topological polar surface area (TPSA) is 110 Å². The van der Waals surface area contributed by atoms with Crippen molar-refractivity contribution in [1.82, 2.24) is 19.3 Å². The Balaban J connectivity index is 1.94. The third-order valence-corrected chi connectivity index (χ3v) is 5.86. The first-order valence-corrected chi connectivity index (χ1v) is 10.7. The van der Waals surface area contributed by atoms with Crippen LogP contribution in [-0.4, -0.2) is 41.9 Å². The van der Waals surface area contributed by atoms with Crippen LogP contribution in [0.1, 0.15) is 18.2 Å². The lowest BCUT2D eigenvalue weighted by Gasteiger charge is -2.16. The maximum Gasteiger partial charge on any atom is 0.419 e. The minimum absolute atomic E-state index is 0.00481. The largest absolute Gasteiger partial charge is 0.492 e. The molecule has 31 heavy (non-hydrogen) atoms. The summed E-state index contributed by atoms with van der Waals surface area (Å²) in [6, 6.07) is 6.89. The van der Waals surface area contributed by atoms with Crippen molar-refractivity contribution in [2.75, 3.05) is 18.9 Å². The number of ether oxygens (including phenoxy) is 1. The highest BCUT2D eigenvalue weighted by Crippen LogP contribution is 2.39. The van der Waals surface area contributed by atoms with Gasteiger partial charge in [-0.1, -0.05) is 0 Å². The van der Waals surface area contributed by atoms with E-state index in [0.717, 1.165) is 12.1 Å². The van der Waals surface area contributed by atoms with E-state index in [0.29, 0.717) is 11.0 Å². The summed E-state index contributed by atoms with van der Waals surface area (Å²) in [4.78, 5) is 8.23. The maximum atomic E-state index is 13.6. The Morgan fingerprint density at radius 1 is 1.29 bits per heavy atom. The lowest BCUT2D eigenvalue weighted by Crippen LogP contribution is -2.29. The van der Waals surface area contributed by atoms with E-state index < -0.39 is 27.5 Å². The summed E-state index contributed by atoms with van der Waals surface area (Å²) < 4.78 is 72.8. The van der Waals surface area contributed by atoms with Gasteiger partial charge in [0.1, 0.15) is 23.9 Å². The maximum absolute atomic E-state index is 13.6. The fourth-order valence-electron chi connectivity index (χ4n) is 2.85. The van der Waals surface area contributed by atoms with Crippen LogP contribution in [0.2, 0.25) is 0 Å². The van der Waals surface area contributed by atoms with Crippen molar-refractivity contribution in [3.05, 3.63) is 41.9 Å². The predicted molar refractivity (Wildman–Crippen MR) is 107 cm³/mol. The number of imidazole rings is 1. The average molecular weight is 453 g/mol. The SMILES string of the molecule is CCS(=O)(=O)NCCOc1ccc(-c2cc3c(ncn3C)c(C#N)n2)cc1C(F)(F)F.